The van der Waals surface area contributed by atoms with Gasteiger partial charge in [-0.3, -0.25) is 9.69 Å². The Morgan fingerprint density at radius 3 is 2.48 bits per heavy atom. The van der Waals surface area contributed by atoms with E-state index in [4.69, 9.17) is 11.6 Å². The number of nitrogens with zero attached hydrogens (tertiary/aromatic N) is 2. The number of hydrogen-bond donors (Lipinski definition) is 1. The first-order chi connectivity index (χ1) is 13.0. The highest BCUT2D eigenvalue weighted by Crippen LogP contribution is 2.20. The van der Waals surface area contributed by atoms with Crippen molar-refractivity contribution in [3.05, 3.63) is 64.7 Å². The van der Waals surface area contributed by atoms with Gasteiger partial charge < -0.3 is 10.2 Å². The molecule has 0 aliphatic carbocycles. The molecule has 1 fully saturated rings. The SMILES string of the molecule is CC[C@@H](C)NC(=O)c1cccc(CN2CCN(c3ccc(Cl)cc3)CC2)c1. The molecule has 1 atom stereocenters. The van der Waals surface area contributed by atoms with Crippen molar-refractivity contribution in [2.45, 2.75) is 32.9 Å². The summed E-state index contributed by atoms with van der Waals surface area (Å²) < 4.78 is 0. The molecule has 0 bridgehead atoms. The molecular weight excluding hydrogens is 358 g/mol. The van der Waals surface area contributed by atoms with E-state index in [9.17, 15) is 4.79 Å². The maximum Gasteiger partial charge on any atom is 0.251 e. The fourth-order valence-corrected chi connectivity index (χ4v) is 3.42. The molecule has 0 radical (unpaired) electrons. The molecule has 4 nitrogen and oxygen atoms in total. The molecule has 27 heavy (non-hydrogen) atoms. The summed E-state index contributed by atoms with van der Waals surface area (Å²) in [6.45, 7) is 8.98. The topological polar surface area (TPSA) is 35.6 Å². The zero-order valence-electron chi connectivity index (χ0n) is 16.1. The van der Waals surface area contributed by atoms with Crippen molar-refractivity contribution in [1.82, 2.24) is 10.2 Å². The first-order valence-corrected chi connectivity index (χ1v) is 10.1. The van der Waals surface area contributed by atoms with Gasteiger partial charge in [0.2, 0.25) is 0 Å². The van der Waals surface area contributed by atoms with E-state index in [1.807, 2.05) is 37.3 Å². The molecular formula is C22H28ClN3O. The van der Waals surface area contributed by atoms with Crippen LogP contribution < -0.4 is 10.2 Å². The Kier molecular flexibility index (Phi) is 6.75. The van der Waals surface area contributed by atoms with Gasteiger partial charge in [0.25, 0.3) is 5.91 Å². The van der Waals surface area contributed by atoms with E-state index < -0.39 is 0 Å². The van der Waals surface area contributed by atoms with Gasteiger partial charge in [0.1, 0.15) is 0 Å². The van der Waals surface area contributed by atoms with Crippen LogP contribution in [0.4, 0.5) is 5.69 Å². The standard InChI is InChI=1S/C22H28ClN3O/c1-3-17(2)24-22(27)19-6-4-5-18(15-19)16-25-11-13-26(14-12-25)21-9-7-20(23)8-10-21/h4-10,15,17H,3,11-14,16H2,1-2H3,(H,24,27)/t17-/m1/s1. The van der Waals surface area contributed by atoms with Crippen molar-refractivity contribution in [2.24, 2.45) is 0 Å². The number of anilines is 1. The summed E-state index contributed by atoms with van der Waals surface area (Å²) in [6.07, 6.45) is 0.934. The number of carbonyl (C=O) groups is 1. The largest absolute Gasteiger partial charge is 0.369 e. The van der Waals surface area contributed by atoms with E-state index in [0.717, 1.165) is 49.7 Å². The number of nitrogens with one attached hydrogen (secondary N) is 1. The van der Waals surface area contributed by atoms with E-state index >= 15 is 0 Å². The molecule has 1 amide bonds. The molecule has 2 aromatic rings. The second-order valence-corrected chi connectivity index (χ2v) is 7.66. The predicted octanol–water partition coefficient (Wildman–Crippen LogP) is 4.19. The maximum absolute atomic E-state index is 12.3. The third kappa shape index (κ3) is 5.47. The lowest BCUT2D eigenvalue weighted by Gasteiger charge is -2.36. The van der Waals surface area contributed by atoms with Crippen molar-refractivity contribution >= 4 is 23.2 Å². The molecule has 0 saturated carbocycles. The number of benzene rings is 2. The fraction of sp³-hybridized carbons (Fsp3) is 0.409. The van der Waals surface area contributed by atoms with Crippen LogP contribution in [-0.4, -0.2) is 43.0 Å². The van der Waals surface area contributed by atoms with Crippen LogP contribution in [0.5, 0.6) is 0 Å². The number of carbonyl (C=O) groups excluding carboxylic acids is 1. The van der Waals surface area contributed by atoms with Crippen LogP contribution in [-0.2, 0) is 6.54 Å². The Hall–Kier alpha value is -2.04. The summed E-state index contributed by atoms with van der Waals surface area (Å²) in [5.41, 5.74) is 3.15. The minimum atomic E-state index is 0.0127. The minimum Gasteiger partial charge on any atom is -0.369 e. The van der Waals surface area contributed by atoms with Crippen molar-refractivity contribution in [2.75, 3.05) is 31.1 Å². The molecule has 1 saturated heterocycles. The van der Waals surface area contributed by atoms with Crippen molar-refractivity contribution in [3.63, 3.8) is 0 Å². The second kappa shape index (κ2) is 9.25. The van der Waals surface area contributed by atoms with Crippen LogP contribution in [0.3, 0.4) is 0 Å². The first kappa shape index (κ1) is 19.7. The molecule has 3 rings (SSSR count). The average Bonchev–Trinajstić information content (AvgIpc) is 2.69. The number of halogens is 1. The van der Waals surface area contributed by atoms with E-state index in [1.165, 1.54) is 11.3 Å². The van der Waals surface area contributed by atoms with Gasteiger partial charge in [-0.1, -0.05) is 30.7 Å². The summed E-state index contributed by atoms with van der Waals surface area (Å²) >= 11 is 5.98. The monoisotopic (exact) mass is 385 g/mol. The first-order valence-electron chi connectivity index (χ1n) is 9.68. The zero-order valence-corrected chi connectivity index (χ0v) is 16.9. The van der Waals surface area contributed by atoms with Gasteiger partial charge in [0, 0.05) is 55.0 Å². The second-order valence-electron chi connectivity index (χ2n) is 7.22. The highest BCUT2D eigenvalue weighted by atomic mass is 35.5. The van der Waals surface area contributed by atoms with E-state index in [-0.39, 0.29) is 11.9 Å². The molecule has 1 aliphatic heterocycles. The van der Waals surface area contributed by atoms with Crippen molar-refractivity contribution < 1.29 is 4.79 Å². The third-order valence-corrected chi connectivity index (χ3v) is 5.40. The Morgan fingerprint density at radius 2 is 1.81 bits per heavy atom. The molecule has 0 aromatic heterocycles. The van der Waals surface area contributed by atoms with Gasteiger partial charge in [-0.05, 0) is 55.3 Å². The zero-order chi connectivity index (χ0) is 19.2. The molecule has 1 heterocycles. The number of piperazine rings is 1. The van der Waals surface area contributed by atoms with E-state index in [1.54, 1.807) is 0 Å². The summed E-state index contributed by atoms with van der Waals surface area (Å²) in [4.78, 5) is 17.2. The lowest BCUT2D eigenvalue weighted by molar-refractivity contribution is 0.0939. The van der Waals surface area contributed by atoms with Gasteiger partial charge in [-0.25, -0.2) is 0 Å². The van der Waals surface area contributed by atoms with Crippen LogP contribution in [0, 0.1) is 0 Å². The predicted molar refractivity (Wildman–Crippen MR) is 113 cm³/mol. The van der Waals surface area contributed by atoms with Gasteiger partial charge in [0.15, 0.2) is 0 Å². The number of amides is 1. The Bertz CT molecular complexity index is 754. The van der Waals surface area contributed by atoms with Crippen molar-refractivity contribution in [3.8, 4) is 0 Å². The minimum absolute atomic E-state index is 0.0127. The molecule has 0 spiro atoms. The molecule has 1 N–H and O–H groups in total. The summed E-state index contributed by atoms with van der Waals surface area (Å²) in [5.74, 6) is 0.0127. The third-order valence-electron chi connectivity index (χ3n) is 5.15. The quantitative estimate of drug-likeness (QED) is 0.809. The molecule has 144 valence electrons. The Labute approximate surface area is 167 Å². The maximum atomic E-state index is 12.3. The summed E-state index contributed by atoms with van der Waals surface area (Å²) in [6, 6.07) is 16.2. The van der Waals surface area contributed by atoms with Gasteiger partial charge in [0.05, 0.1) is 0 Å². The van der Waals surface area contributed by atoms with Gasteiger partial charge >= 0.3 is 0 Å². The Balaban J connectivity index is 1.55. The Morgan fingerprint density at radius 1 is 1.11 bits per heavy atom. The van der Waals surface area contributed by atoms with Crippen LogP contribution in [0.1, 0.15) is 36.2 Å². The number of rotatable bonds is 6. The van der Waals surface area contributed by atoms with Crippen LogP contribution in [0.2, 0.25) is 5.02 Å². The van der Waals surface area contributed by atoms with Crippen molar-refractivity contribution in [1.29, 1.82) is 0 Å². The highest BCUT2D eigenvalue weighted by molar-refractivity contribution is 6.30. The lowest BCUT2D eigenvalue weighted by Crippen LogP contribution is -2.46. The normalized spacial score (nSPS) is 16.2. The van der Waals surface area contributed by atoms with Crippen LogP contribution in [0.15, 0.2) is 48.5 Å². The average molecular weight is 386 g/mol. The van der Waals surface area contributed by atoms with Crippen LogP contribution >= 0.6 is 11.6 Å². The van der Waals surface area contributed by atoms with Crippen LogP contribution in [0.25, 0.3) is 0 Å². The lowest BCUT2D eigenvalue weighted by atomic mass is 10.1. The number of hydrogen-bond acceptors (Lipinski definition) is 3. The van der Waals surface area contributed by atoms with Gasteiger partial charge in [-0.15, -0.1) is 0 Å². The summed E-state index contributed by atoms with van der Waals surface area (Å²) in [5, 5.41) is 3.81. The molecule has 0 unspecified atom stereocenters. The molecule has 2 aromatic carbocycles. The fourth-order valence-electron chi connectivity index (χ4n) is 3.29. The smallest absolute Gasteiger partial charge is 0.251 e. The highest BCUT2D eigenvalue weighted by Gasteiger charge is 2.18. The molecule has 1 aliphatic rings. The molecule has 5 heteroatoms. The van der Waals surface area contributed by atoms with E-state index in [0.29, 0.717) is 0 Å². The van der Waals surface area contributed by atoms with Gasteiger partial charge in [-0.2, -0.15) is 0 Å². The summed E-state index contributed by atoms with van der Waals surface area (Å²) in [7, 11) is 0. The van der Waals surface area contributed by atoms with E-state index in [2.05, 4.69) is 40.2 Å².